The molecule has 0 N–H and O–H groups in total. The van der Waals surface area contributed by atoms with Crippen molar-refractivity contribution >= 4 is 42.8 Å². The lowest BCUT2D eigenvalue weighted by molar-refractivity contribution is 0.216. The molecule has 2 aromatic carbocycles. The van der Waals surface area contributed by atoms with Gasteiger partial charge in [-0.05, 0) is 78.5 Å². The van der Waals surface area contributed by atoms with Gasteiger partial charge in [0, 0.05) is 5.56 Å². The van der Waals surface area contributed by atoms with E-state index in [1.165, 1.54) is 0 Å². The van der Waals surface area contributed by atoms with E-state index in [1.807, 2.05) is 39.8 Å². The van der Waals surface area contributed by atoms with E-state index in [0.717, 1.165) is 22.3 Å². The van der Waals surface area contributed by atoms with Crippen molar-refractivity contribution in [3.8, 4) is 0 Å². The third-order valence-electron chi connectivity index (χ3n) is 3.94. The third kappa shape index (κ3) is 3.41. The van der Waals surface area contributed by atoms with Crippen molar-refractivity contribution in [3.05, 3.63) is 57.1 Å². The molecule has 118 valence electrons. The fraction of sp³-hybridized carbons (Fsp3) is 0.294. The van der Waals surface area contributed by atoms with E-state index in [0.29, 0.717) is 14.3 Å². The van der Waals surface area contributed by atoms with Crippen molar-refractivity contribution in [1.82, 2.24) is 0 Å². The minimum Gasteiger partial charge on any atom is -0.143 e. The maximum absolute atomic E-state index is 14.4. The van der Waals surface area contributed by atoms with E-state index < -0.39 is 15.1 Å². The van der Waals surface area contributed by atoms with Crippen molar-refractivity contribution < 1.29 is 8.78 Å². The fourth-order valence-electron chi connectivity index (χ4n) is 2.37. The van der Waals surface area contributed by atoms with Crippen molar-refractivity contribution in [2.75, 3.05) is 0 Å². The molecule has 0 saturated heterocycles. The Labute approximate surface area is 149 Å². The Bertz CT molecular complexity index is 709. The van der Waals surface area contributed by atoms with Gasteiger partial charge in [0.2, 0.25) is 0 Å². The number of rotatable bonds is 3. The van der Waals surface area contributed by atoms with Gasteiger partial charge in [-0.3, -0.25) is 0 Å². The second-order valence-corrected chi connectivity index (χ2v) is 9.63. The standard InChI is InChI=1S/C17H17Br2F2S/c1-10-9-16(13(4)12(3)11(10)2)22(17(19,20)21)15-8-6-5-7-14(15)18/h5-9H,1-4H3/q+1. The highest BCUT2D eigenvalue weighted by molar-refractivity contribution is 9.11. The molecular weight excluding hydrogens is 434 g/mol. The van der Waals surface area contributed by atoms with Gasteiger partial charge in [0.25, 0.3) is 0 Å². The molecule has 0 aliphatic carbocycles. The summed E-state index contributed by atoms with van der Waals surface area (Å²) in [5, 5.41) is 0. The number of benzene rings is 2. The van der Waals surface area contributed by atoms with Gasteiger partial charge in [-0.25, -0.2) is 0 Å². The molecule has 0 nitrogen and oxygen atoms in total. The normalized spacial score (nSPS) is 13.3. The summed E-state index contributed by atoms with van der Waals surface area (Å²) in [5.41, 5.74) is 4.21. The summed E-state index contributed by atoms with van der Waals surface area (Å²) < 4.78 is 26.5. The minimum atomic E-state index is -3.00. The minimum absolute atomic E-state index is 0.607. The van der Waals surface area contributed by atoms with Crippen LogP contribution in [0.3, 0.4) is 0 Å². The molecule has 0 fully saturated rings. The highest BCUT2D eigenvalue weighted by Gasteiger charge is 2.52. The van der Waals surface area contributed by atoms with Gasteiger partial charge in [0.15, 0.2) is 9.79 Å². The van der Waals surface area contributed by atoms with Crippen LogP contribution in [-0.4, -0.2) is 4.16 Å². The van der Waals surface area contributed by atoms with Gasteiger partial charge in [0.05, 0.1) is 20.4 Å². The summed E-state index contributed by atoms with van der Waals surface area (Å²) in [4.78, 5) is 1.30. The molecule has 0 aliphatic heterocycles. The van der Waals surface area contributed by atoms with Crippen LogP contribution in [0.15, 0.2) is 44.6 Å². The van der Waals surface area contributed by atoms with Crippen molar-refractivity contribution in [2.45, 2.75) is 41.6 Å². The Morgan fingerprint density at radius 1 is 0.909 bits per heavy atom. The molecule has 1 atom stereocenters. The molecule has 0 amide bonds. The molecule has 22 heavy (non-hydrogen) atoms. The Kier molecular flexibility index (Phi) is 5.40. The fourth-order valence-corrected chi connectivity index (χ4v) is 6.15. The number of halogens is 4. The lowest BCUT2D eigenvalue weighted by Crippen LogP contribution is -2.24. The largest absolute Gasteiger partial charge is 0.477 e. The summed E-state index contributed by atoms with van der Waals surface area (Å²) in [6.45, 7) is 7.92. The average molecular weight is 451 g/mol. The van der Waals surface area contributed by atoms with E-state index in [9.17, 15) is 8.78 Å². The van der Waals surface area contributed by atoms with Crippen LogP contribution in [0.4, 0.5) is 8.78 Å². The predicted octanol–water partition coefficient (Wildman–Crippen LogP) is 6.66. The SMILES string of the molecule is Cc1cc([S+](c2ccccc2Br)C(F)(F)Br)c(C)c(C)c1C. The summed E-state index contributed by atoms with van der Waals surface area (Å²) in [6.07, 6.45) is 0. The Morgan fingerprint density at radius 2 is 1.50 bits per heavy atom. The smallest absolute Gasteiger partial charge is 0.143 e. The van der Waals surface area contributed by atoms with Crippen LogP contribution in [0.25, 0.3) is 0 Å². The summed E-state index contributed by atoms with van der Waals surface area (Å²) in [5.74, 6) is 0. The average Bonchev–Trinajstić information content (AvgIpc) is 2.43. The van der Waals surface area contributed by atoms with E-state index in [2.05, 4.69) is 31.9 Å². The highest BCUT2D eigenvalue weighted by atomic mass is 79.9. The summed E-state index contributed by atoms with van der Waals surface area (Å²) in [7, 11) is -1.38. The lowest BCUT2D eigenvalue weighted by atomic mass is 10.00. The van der Waals surface area contributed by atoms with Gasteiger partial charge >= 0.3 is 4.16 Å². The summed E-state index contributed by atoms with van der Waals surface area (Å²) in [6, 6.07) is 9.08. The topological polar surface area (TPSA) is 0 Å². The zero-order valence-corrected chi connectivity index (χ0v) is 16.8. The van der Waals surface area contributed by atoms with E-state index >= 15 is 0 Å². The zero-order valence-electron chi connectivity index (χ0n) is 12.8. The first-order valence-electron chi connectivity index (χ1n) is 6.77. The summed E-state index contributed by atoms with van der Waals surface area (Å²) >= 11 is 6.03. The number of alkyl halides is 3. The van der Waals surface area contributed by atoms with Crippen LogP contribution in [0.1, 0.15) is 22.3 Å². The predicted molar refractivity (Wildman–Crippen MR) is 97.3 cm³/mol. The van der Waals surface area contributed by atoms with E-state index in [1.54, 1.807) is 18.2 Å². The maximum atomic E-state index is 14.4. The first-order chi connectivity index (χ1) is 10.1. The molecule has 0 aliphatic rings. The quantitative estimate of drug-likeness (QED) is 0.362. The first-order valence-corrected chi connectivity index (χ1v) is 9.58. The van der Waals surface area contributed by atoms with Crippen molar-refractivity contribution in [2.24, 2.45) is 0 Å². The van der Waals surface area contributed by atoms with Crippen molar-refractivity contribution in [1.29, 1.82) is 0 Å². The van der Waals surface area contributed by atoms with Crippen LogP contribution in [0, 0.1) is 27.7 Å². The molecule has 0 heterocycles. The van der Waals surface area contributed by atoms with Gasteiger partial charge in [-0.15, -0.1) is 8.78 Å². The maximum Gasteiger partial charge on any atom is 0.477 e. The molecule has 1 unspecified atom stereocenters. The Balaban J connectivity index is 2.76. The van der Waals surface area contributed by atoms with Gasteiger partial charge < -0.3 is 0 Å². The third-order valence-corrected chi connectivity index (χ3v) is 7.99. The van der Waals surface area contributed by atoms with E-state index in [-0.39, 0.29) is 0 Å². The van der Waals surface area contributed by atoms with Crippen molar-refractivity contribution in [3.63, 3.8) is 0 Å². The van der Waals surface area contributed by atoms with Crippen LogP contribution in [0.2, 0.25) is 0 Å². The van der Waals surface area contributed by atoms with Crippen LogP contribution < -0.4 is 0 Å². The zero-order chi connectivity index (χ0) is 16.7. The molecule has 2 aromatic rings. The molecule has 0 bridgehead atoms. The van der Waals surface area contributed by atoms with Gasteiger partial charge in [-0.1, -0.05) is 12.1 Å². The molecule has 5 heteroatoms. The Morgan fingerprint density at radius 3 is 2.05 bits per heavy atom. The van der Waals surface area contributed by atoms with Crippen LogP contribution in [-0.2, 0) is 10.9 Å². The molecule has 0 saturated carbocycles. The highest BCUT2D eigenvalue weighted by Crippen LogP contribution is 2.45. The molecule has 0 radical (unpaired) electrons. The van der Waals surface area contributed by atoms with Gasteiger partial charge in [-0.2, -0.15) is 0 Å². The number of aryl methyl sites for hydroxylation is 1. The Hall–Kier alpha value is -0.390. The molecule has 0 aromatic heterocycles. The van der Waals surface area contributed by atoms with Crippen LogP contribution in [0.5, 0.6) is 0 Å². The first kappa shape index (κ1) is 18.0. The van der Waals surface area contributed by atoms with E-state index in [4.69, 9.17) is 0 Å². The molecular formula is C17H17Br2F2S+. The van der Waals surface area contributed by atoms with Gasteiger partial charge in [0.1, 0.15) is 10.9 Å². The number of hydrogen-bond acceptors (Lipinski definition) is 0. The molecule has 0 spiro atoms. The monoisotopic (exact) mass is 449 g/mol. The molecule has 2 rings (SSSR count). The second-order valence-electron chi connectivity index (χ2n) is 5.25. The lowest BCUT2D eigenvalue weighted by Gasteiger charge is -2.18. The van der Waals surface area contributed by atoms with Crippen LogP contribution >= 0.6 is 31.9 Å². The second kappa shape index (κ2) is 6.62. The number of hydrogen-bond donors (Lipinski definition) is 0.